The highest BCUT2D eigenvalue weighted by Crippen LogP contribution is 2.32. The molecule has 0 aliphatic heterocycles. The number of thioether (sulfide) groups is 1. The number of unbranched alkanes of at least 4 members (excludes halogenated alkanes) is 2. The number of benzene rings is 2. The number of pyridine rings is 1. The van der Waals surface area contributed by atoms with Crippen molar-refractivity contribution in [1.82, 2.24) is 10.3 Å². The second kappa shape index (κ2) is 11.0. The summed E-state index contributed by atoms with van der Waals surface area (Å²) in [7, 11) is 0. The highest BCUT2D eigenvalue weighted by Gasteiger charge is 2.15. The number of nitrogens with zero attached hydrogens (tertiary/aromatic N) is 1. The quantitative estimate of drug-likeness (QED) is 0.297. The lowest BCUT2D eigenvalue weighted by Crippen LogP contribution is -2.32. The van der Waals surface area contributed by atoms with E-state index in [2.05, 4.69) is 53.7 Å². The van der Waals surface area contributed by atoms with Crippen molar-refractivity contribution in [2.75, 3.05) is 18.1 Å². The Hall–Kier alpha value is -2.53. The van der Waals surface area contributed by atoms with Crippen LogP contribution in [0.3, 0.4) is 0 Å². The van der Waals surface area contributed by atoms with Crippen molar-refractivity contribution < 1.29 is 4.79 Å². The normalized spacial score (nSPS) is 12.0. The first-order valence-electron chi connectivity index (χ1n) is 10.7. The smallest absolute Gasteiger partial charge is 0.319 e. The monoisotopic (exact) mass is 421 g/mol. The SMILES string of the molecule is CCCCCC(CNC(=O)Nc1c(SC)ccc2ncccc12)c1cccc(C)c1. The molecule has 2 N–H and O–H groups in total. The van der Waals surface area contributed by atoms with E-state index in [1.54, 1.807) is 18.0 Å². The number of aryl methyl sites for hydroxylation is 1. The van der Waals surface area contributed by atoms with Gasteiger partial charge in [-0.05, 0) is 49.4 Å². The van der Waals surface area contributed by atoms with E-state index in [1.165, 1.54) is 30.4 Å². The van der Waals surface area contributed by atoms with Gasteiger partial charge in [-0.2, -0.15) is 0 Å². The minimum atomic E-state index is -0.171. The Bertz CT molecular complexity index is 989. The molecular weight excluding hydrogens is 390 g/mol. The fraction of sp³-hybridized carbons (Fsp3) is 0.360. The second-order valence-electron chi connectivity index (χ2n) is 7.65. The molecule has 1 atom stereocenters. The topological polar surface area (TPSA) is 54.0 Å². The third-order valence-electron chi connectivity index (χ3n) is 5.38. The minimum absolute atomic E-state index is 0.171. The van der Waals surface area contributed by atoms with Crippen LogP contribution in [0.25, 0.3) is 10.9 Å². The molecule has 1 heterocycles. The Morgan fingerprint density at radius 3 is 2.77 bits per heavy atom. The van der Waals surface area contributed by atoms with Gasteiger partial charge in [0.2, 0.25) is 0 Å². The average molecular weight is 422 g/mol. The van der Waals surface area contributed by atoms with Gasteiger partial charge in [-0.25, -0.2) is 4.79 Å². The number of hydrogen-bond acceptors (Lipinski definition) is 3. The Morgan fingerprint density at radius 2 is 2.00 bits per heavy atom. The number of hydrogen-bond donors (Lipinski definition) is 2. The molecule has 3 rings (SSSR count). The van der Waals surface area contributed by atoms with Crippen LogP contribution in [0.2, 0.25) is 0 Å². The molecule has 0 radical (unpaired) electrons. The van der Waals surface area contributed by atoms with Crippen LogP contribution in [0.5, 0.6) is 0 Å². The van der Waals surface area contributed by atoms with Gasteiger partial charge in [-0.15, -0.1) is 11.8 Å². The molecule has 1 aromatic heterocycles. The number of aromatic nitrogens is 1. The highest BCUT2D eigenvalue weighted by molar-refractivity contribution is 7.98. The first-order valence-corrected chi connectivity index (χ1v) is 11.9. The second-order valence-corrected chi connectivity index (χ2v) is 8.50. The molecular formula is C25H31N3OS. The zero-order chi connectivity index (χ0) is 21.3. The van der Waals surface area contributed by atoms with Gasteiger partial charge in [0.05, 0.1) is 11.2 Å². The molecule has 158 valence electrons. The van der Waals surface area contributed by atoms with Crippen LogP contribution in [-0.4, -0.2) is 23.8 Å². The lowest BCUT2D eigenvalue weighted by atomic mass is 9.92. The largest absolute Gasteiger partial charge is 0.337 e. The molecule has 0 aliphatic carbocycles. The Balaban J connectivity index is 1.72. The molecule has 5 heteroatoms. The van der Waals surface area contributed by atoms with Gasteiger partial charge >= 0.3 is 6.03 Å². The molecule has 2 amide bonds. The molecule has 4 nitrogen and oxygen atoms in total. The Labute approximate surface area is 183 Å². The third kappa shape index (κ3) is 5.76. The summed E-state index contributed by atoms with van der Waals surface area (Å²) >= 11 is 1.62. The van der Waals surface area contributed by atoms with Gasteiger partial charge in [0.15, 0.2) is 0 Å². The first kappa shape index (κ1) is 22.2. The van der Waals surface area contributed by atoms with E-state index in [0.717, 1.165) is 27.9 Å². The van der Waals surface area contributed by atoms with Crippen LogP contribution in [0.15, 0.2) is 59.6 Å². The van der Waals surface area contributed by atoms with Crippen molar-refractivity contribution in [2.24, 2.45) is 0 Å². The molecule has 3 aromatic rings. The molecule has 0 aliphatic rings. The zero-order valence-electron chi connectivity index (χ0n) is 18.1. The van der Waals surface area contributed by atoms with Crippen molar-refractivity contribution in [3.05, 3.63) is 65.9 Å². The van der Waals surface area contributed by atoms with Crippen LogP contribution >= 0.6 is 11.8 Å². The lowest BCUT2D eigenvalue weighted by Gasteiger charge is -2.20. The van der Waals surface area contributed by atoms with Crippen molar-refractivity contribution in [2.45, 2.75) is 50.3 Å². The molecule has 30 heavy (non-hydrogen) atoms. The maximum absolute atomic E-state index is 12.8. The molecule has 0 spiro atoms. The fourth-order valence-corrected chi connectivity index (χ4v) is 4.33. The number of rotatable bonds is 9. The number of fused-ring (bicyclic) bond motifs is 1. The van der Waals surface area contributed by atoms with Crippen LogP contribution < -0.4 is 10.6 Å². The molecule has 0 bridgehead atoms. The summed E-state index contributed by atoms with van der Waals surface area (Å²) in [5.41, 5.74) is 4.25. The maximum Gasteiger partial charge on any atom is 0.319 e. The molecule has 2 aromatic carbocycles. The van der Waals surface area contributed by atoms with E-state index in [1.807, 2.05) is 30.5 Å². The molecule has 0 fully saturated rings. The summed E-state index contributed by atoms with van der Waals surface area (Å²) in [6, 6.07) is 16.4. The van der Waals surface area contributed by atoms with Crippen molar-refractivity contribution in [3.8, 4) is 0 Å². The van der Waals surface area contributed by atoms with E-state index < -0.39 is 0 Å². The number of anilines is 1. The predicted octanol–water partition coefficient (Wildman–Crippen LogP) is 6.75. The van der Waals surface area contributed by atoms with Gasteiger partial charge in [0.25, 0.3) is 0 Å². The Morgan fingerprint density at radius 1 is 1.13 bits per heavy atom. The summed E-state index contributed by atoms with van der Waals surface area (Å²) in [4.78, 5) is 18.2. The summed E-state index contributed by atoms with van der Waals surface area (Å²) in [5.74, 6) is 0.316. The zero-order valence-corrected chi connectivity index (χ0v) is 18.9. The van der Waals surface area contributed by atoms with Crippen LogP contribution in [0.4, 0.5) is 10.5 Å². The number of carbonyl (C=O) groups excluding carboxylic acids is 1. The van der Waals surface area contributed by atoms with Crippen LogP contribution in [0, 0.1) is 6.92 Å². The lowest BCUT2D eigenvalue weighted by molar-refractivity contribution is 0.251. The summed E-state index contributed by atoms with van der Waals surface area (Å²) in [6.45, 7) is 4.96. The number of carbonyl (C=O) groups is 1. The minimum Gasteiger partial charge on any atom is -0.337 e. The standard InChI is InChI=1S/C25H31N3OS/c1-4-5-6-10-20(19-11-7-9-18(2)16-19)17-27-25(29)28-24-21-12-8-15-26-22(21)13-14-23(24)30-3/h7-9,11-16,20H,4-6,10,17H2,1-3H3,(H2,27,28,29). The maximum atomic E-state index is 12.8. The van der Waals surface area contributed by atoms with E-state index >= 15 is 0 Å². The molecule has 0 saturated carbocycles. The molecule has 0 saturated heterocycles. The van der Waals surface area contributed by atoms with Crippen LogP contribution in [0.1, 0.15) is 49.7 Å². The average Bonchev–Trinajstić information content (AvgIpc) is 2.76. The number of amides is 2. The summed E-state index contributed by atoms with van der Waals surface area (Å²) < 4.78 is 0. The number of nitrogens with one attached hydrogen (secondary N) is 2. The third-order valence-corrected chi connectivity index (χ3v) is 6.16. The van der Waals surface area contributed by atoms with Crippen molar-refractivity contribution >= 4 is 34.4 Å². The fourth-order valence-electron chi connectivity index (χ4n) is 3.76. The van der Waals surface area contributed by atoms with Gasteiger partial charge in [0, 0.05) is 28.9 Å². The van der Waals surface area contributed by atoms with E-state index in [-0.39, 0.29) is 6.03 Å². The van der Waals surface area contributed by atoms with Crippen molar-refractivity contribution in [1.29, 1.82) is 0 Å². The van der Waals surface area contributed by atoms with E-state index in [0.29, 0.717) is 12.5 Å². The van der Waals surface area contributed by atoms with E-state index in [9.17, 15) is 4.79 Å². The predicted molar refractivity (Wildman–Crippen MR) is 129 cm³/mol. The van der Waals surface area contributed by atoms with Gasteiger partial charge in [0.1, 0.15) is 0 Å². The highest BCUT2D eigenvalue weighted by atomic mass is 32.2. The van der Waals surface area contributed by atoms with Gasteiger partial charge in [-0.1, -0.05) is 56.0 Å². The van der Waals surface area contributed by atoms with Gasteiger partial charge in [-0.3, -0.25) is 4.98 Å². The van der Waals surface area contributed by atoms with Crippen LogP contribution in [-0.2, 0) is 0 Å². The van der Waals surface area contributed by atoms with Gasteiger partial charge < -0.3 is 10.6 Å². The van der Waals surface area contributed by atoms with E-state index in [4.69, 9.17) is 0 Å². The Kier molecular flexibility index (Phi) is 8.14. The number of urea groups is 1. The first-order chi connectivity index (χ1) is 14.6. The summed E-state index contributed by atoms with van der Waals surface area (Å²) in [6.07, 6.45) is 8.45. The van der Waals surface area contributed by atoms with Crippen molar-refractivity contribution in [3.63, 3.8) is 0 Å². The summed E-state index contributed by atoms with van der Waals surface area (Å²) in [5, 5.41) is 7.15. The molecule has 1 unspecified atom stereocenters.